The molecule has 4 rings (SSSR count). The van der Waals surface area contributed by atoms with Gasteiger partial charge in [0.15, 0.2) is 11.6 Å². The largest absolute Gasteiger partial charge is 0.353 e. The summed E-state index contributed by atoms with van der Waals surface area (Å²) >= 11 is 0. The van der Waals surface area contributed by atoms with Crippen molar-refractivity contribution in [2.45, 2.75) is 6.92 Å². The molecule has 0 saturated carbocycles. The molecule has 1 aliphatic heterocycles. The second-order valence-electron chi connectivity index (χ2n) is 6.93. The molecule has 0 spiro atoms. The Morgan fingerprint density at radius 3 is 2.31 bits per heavy atom. The Labute approximate surface area is 167 Å². The van der Waals surface area contributed by atoms with E-state index < -0.39 is 11.6 Å². The Balaban J connectivity index is 1.48. The van der Waals surface area contributed by atoms with E-state index in [4.69, 9.17) is 0 Å². The number of carbonyl (C=O) groups is 1. The van der Waals surface area contributed by atoms with Crippen molar-refractivity contribution in [2.75, 3.05) is 31.1 Å². The zero-order valence-electron chi connectivity index (χ0n) is 16.0. The van der Waals surface area contributed by atoms with Crippen LogP contribution in [-0.4, -0.2) is 47.0 Å². The number of aryl methyl sites for hydroxylation is 1. The van der Waals surface area contributed by atoms with Crippen molar-refractivity contribution in [1.82, 2.24) is 14.9 Å². The first kappa shape index (κ1) is 19.0. The van der Waals surface area contributed by atoms with Gasteiger partial charge < -0.3 is 9.80 Å². The van der Waals surface area contributed by atoms with Crippen LogP contribution >= 0.6 is 0 Å². The number of aromatic nitrogens is 2. The van der Waals surface area contributed by atoms with E-state index in [1.54, 1.807) is 4.90 Å². The highest BCUT2D eigenvalue weighted by molar-refractivity contribution is 5.94. The maximum atomic E-state index is 13.4. The van der Waals surface area contributed by atoms with Crippen LogP contribution in [0, 0.1) is 18.6 Å². The van der Waals surface area contributed by atoms with E-state index >= 15 is 0 Å². The number of amides is 1. The summed E-state index contributed by atoms with van der Waals surface area (Å²) in [5.41, 5.74) is 2.03. The van der Waals surface area contributed by atoms with E-state index in [2.05, 4.69) is 14.9 Å². The highest BCUT2D eigenvalue weighted by atomic mass is 19.2. The molecular weight excluding hydrogens is 374 g/mol. The number of anilines is 1. The van der Waals surface area contributed by atoms with E-state index in [0.717, 1.165) is 29.2 Å². The Hall–Kier alpha value is -3.35. The van der Waals surface area contributed by atoms with Gasteiger partial charge in [0.1, 0.15) is 11.6 Å². The maximum Gasteiger partial charge on any atom is 0.254 e. The van der Waals surface area contributed by atoms with Crippen molar-refractivity contribution in [1.29, 1.82) is 0 Å². The Bertz CT molecular complexity index is 1030. The maximum absolute atomic E-state index is 13.4. The molecule has 0 N–H and O–H groups in total. The first-order valence-electron chi connectivity index (χ1n) is 9.41. The molecule has 2 heterocycles. The lowest BCUT2D eigenvalue weighted by Gasteiger charge is -2.35. The fourth-order valence-electron chi connectivity index (χ4n) is 3.42. The standard InChI is InChI=1S/C22H20F2N4O/c1-15-25-20(16-5-3-2-4-6-16)14-21(26-15)27-9-11-28(12-10-27)22(29)17-7-8-18(23)19(24)13-17/h2-8,13-14H,9-12H2,1H3. The van der Waals surface area contributed by atoms with Crippen LogP contribution in [0.15, 0.2) is 54.6 Å². The number of hydrogen-bond donors (Lipinski definition) is 0. The SMILES string of the molecule is Cc1nc(-c2ccccc2)cc(N2CCN(C(=O)c3ccc(F)c(F)c3)CC2)n1. The average Bonchev–Trinajstić information content (AvgIpc) is 2.75. The van der Waals surface area contributed by atoms with E-state index in [1.165, 1.54) is 6.07 Å². The smallest absolute Gasteiger partial charge is 0.254 e. The lowest BCUT2D eigenvalue weighted by molar-refractivity contribution is 0.0746. The Kier molecular flexibility index (Phi) is 5.20. The number of nitrogens with zero attached hydrogens (tertiary/aromatic N) is 4. The van der Waals surface area contributed by atoms with Crippen molar-refractivity contribution < 1.29 is 13.6 Å². The predicted octanol–water partition coefficient (Wildman–Crippen LogP) is 3.69. The summed E-state index contributed by atoms with van der Waals surface area (Å²) in [6.07, 6.45) is 0. The van der Waals surface area contributed by atoms with Crippen LogP contribution in [0.4, 0.5) is 14.6 Å². The van der Waals surface area contributed by atoms with Crippen LogP contribution in [0.2, 0.25) is 0 Å². The summed E-state index contributed by atoms with van der Waals surface area (Å²) in [6.45, 7) is 4.00. The molecule has 2 aromatic carbocycles. The normalized spacial score (nSPS) is 14.2. The van der Waals surface area contributed by atoms with Gasteiger partial charge in [0.05, 0.1) is 5.69 Å². The van der Waals surface area contributed by atoms with Crippen molar-refractivity contribution in [2.24, 2.45) is 0 Å². The number of benzene rings is 2. The summed E-state index contributed by atoms with van der Waals surface area (Å²) in [5, 5.41) is 0. The van der Waals surface area contributed by atoms with Gasteiger partial charge in [0, 0.05) is 43.4 Å². The van der Waals surface area contributed by atoms with E-state index in [-0.39, 0.29) is 11.5 Å². The minimum Gasteiger partial charge on any atom is -0.353 e. The fourth-order valence-corrected chi connectivity index (χ4v) is 3.42. The first-order valence-corrected chi connectivity index (χ1v) is 9.41. The molecule has 1 aromatic heterocycles. The zero-order valence-corrected chi connectivity index (χ0v) is 16.0. The topological polar surface area (TPSA) is 49.3 Å². The van der Waals surface area contributed by atoms with Crippen molar-refractivity contribution >= 4 is 11.7 Å². The third kappa shape index (κ3) is 4.08. The molecule has 1 fully saturated rings. The van der Waals surface area contributed by atoms with Gasteiger partial charge in [0.25, 0.3) is 5.91 Å². The number of carbonyl (C=O) groups excluding carboxylic acids is 1. The third-order valence-corrected chi connectivity index (χ3v) is 4.95. The molecule has 0 bridgehead atoms. The van der Waals surface area contributed by atoms with Crippen molar-refractivity contribution in [3.8, 4) is 11.3 Å². The summed E-state index contributed by atoms with van der Waals surface area (Å²) in [5.74, 6) is -0.774. The lowest BCUT2D eigenvalue weighted by atomic mass is 10.1. The number of piperazine rings is 1. The first-order chi connectivity index (χ1) is 14.0. The minimum atomic E-state index is -1.01. The summed E-state index contributed by atoms with van der Waals surface area (Å²) in [6, 6.07) is 15.1. The molecule has 1 aliphatic rings. The van der Waals surface area contributed by atoms with Gasteiger partial charge in [-0.2, -0.15) is 0 Å². The Morgan fingerprint density at radius 2 is 1.62 bits per heavy atom. The highest BCUT2D eigenvalue weighted by Crippen LogP contribution is 2.23. The molecule has 29 heavy (non-hydrogen) atoms. The van der Waals surface area contributed by atoms with Gasteiger partial charge in [0.2, 0.25) is 0 Å². The molecule has 0 radical (unpaired) electrons. The zero-order chi connectivity index (χ0) is 20.4. The molecule has 5 nitrogen and oxygen atoms in total. The summed E-state index contributed by atoms with van der Waals surface area (Å²) in [7, 11) is 0. The van der Waals surface area contributed by atoms with Gasteiger partial charge in [-0.1, -0.05) is 30.3 Å². The van der Waals surface area contributed by atoms with Crippen LogP contribution in [0.25, 0.3) is 11.3 Å². The molecule has 0 unspecified atom stereocenters. The monoisotopic (exact) mass is 394 g/mol. The summed E-state index contributed by atoms with van der Waals surface area (Å²) < 4.78 is 26.6. The van der Waals surface area contributed by atoms with Gasteiger partial charge in [-0.25, -0.2) is 18.7 Å². The molecular formula is C22H20F2N4O. The van der Waals surface area contributed by atoms with Crippen molar-refractivity contribution in [3.05, 3.63) is 77.6 Å². The highest BCUT2D eigenvalue weighted by Gasteiger charge is 2.24. The van der Waals surface area contributed by atoms with E-state index in [0.29, 0.717) is 32.0 Å². The van der Waals surface area contributed by atoms with Crippen LogP contribution < -0.4 is 4.90 Å². The van der Waals surface area contributed by atoms with Crippen LogP contribution in [0.1, 0.15) is 16.2 Å². The fraction of sp³-hybridized carbons (Fsp3) is 0.227. The summed E-state index contributed by atoms with van der Waals surface area (Å²) in [4.78, 5) is 25.4. The van der Waals surface area contributed by atoms with E-state index in [9.17, 15) is 13.6 Å². The quantitative estimate of drug-likeness (QED) is 0.680. The molecule has 1 saturated heterocycles. The van der Waals surface area contributed by atoms with E-state index in [1.807, 2.05) is 43.3 Å². The average molecular weight is 394 g/mol. The van der Waals surface area contributed by atoms with Crippen molar-refractivity contribution in [3.63, 3.8) is 0 Å². The van der Waals surface area contributed by atoms with Gasteiger partial charge in [-0.15, -0.1) is 0 Å². The second-order valence-corrected chi connectivity index (χ2v) is 6.93. The Morgan fingerprint density at radius 1 is 0.897 bits per heavy atom. The van der Waals surface area contributed by atoms with Gasteiger partial charge in [-0.3, -0.25) is 4.79 Å². The molecule has 0 aliphatic carbocycles. The molecule has 0 atom stereocenters. The lowest BCUT2D eigenvalue weighted by Crippen LogP contribution is -2.49. The third-order valence-electron chi connectivity index (χ3n) is 4.95. The number of hydrogen-bond acceptors (Lipinski definition) is 4. The van der Waals surface area contributed by atoms with Crippen LogP contribution in [-0.2, 0) is 0 Å². The molecule has 3 aromatic rings. The molecule has 148 valence electrons. The minimum absolute atomic E-state index is 0.154. The number of rotatable bonds is 3. The van der Waals surface area contributed by atoms with Crippen LogP contribution in [0.3, 0.4) is 0 Å². The van der Waals surface area contributed by atoms with Gasteiger partial charge in [-0.05, 0) is 25.1 Å². The second kappa shape index (κ2) is 7.95. The predicted molar refractivity (Wildman–Crippen MR) is 107 cm³/mol. The molecule has 7 heteroatoms. The van der Waals surface area contributed by atoms with Gasteiger partial charge >= 0.3 is 0 Å². The van der Waals surface area contributed by atoms with Crippen LogP contribution in [0.5, 0.6) is 0 Å². The number of halogens is 2. The molecule has 1 amide bonds.